The lowest BCUT2D eigenvalue weighted by molar-refractivity contribution is -0.120. The number of unbranched alkanes of at least 4 members (excludes halogenated alkanes) is 1. The second kappa shape index (κ2) is 6.53. The predicted molar refractivity (Wildman–Crippen MR) is 78.4 cm³/mol. The first-order valence-electron chi connectivity index (χ1n) is 6.51. The van der Waals surface area contributed by atoms with Crippen molar-refractivity contribution in [3.05, 3.63) is 41.0 Å². The lowest BCUT2D eigenvalue weighted by Crippen LogP contribution is -2.26. The SMILES string of the molecule is CCCCNC(=O)Cc1ccc2ccc(Cl)cc2n1. The molecule has 0 radical (unpaired) electrons. The average molecular weight is 277 g/mol. The number of carbonyl (C=O) groups excluding carboxylic acids is 1. The second-order valence-electron chi connectivity index (χ2n) is 4.52. The second-order valence-corrected chi connectivity index (χ2v) is 4.96. The molecule has 0 saturated carbocycles. The van der Waals surface area contributed by atoms with Crippen LogP contribution >= 0.6 is 11.6 Å². The molecule has 0 fully saturated rings. The Bertz CT molecular complexity index is 583. The molecule has 0 aliphatic rings. The lowest BCUT2D eigenvalue weighted by Gasteiger charge is -2.05. The number of hydrogen-bond donors (Lipinski definition) is 1. The Morgan fingerprint density at radius 2 is 2.11 bits per heavy atom. The zero-order valence-electron chi connectivity index (χ0n) is 10.9. The van der Waals surface area contributed by atoms with E-state index < -0.39 is 0 Å². The summed E-state index contributed by atoms with van der Waals surface area (Å²) in [5.41, 5.74) is 1.59. The fourth-order valence-electron chi connectivity index (χ4n) is 1.86. The van der Waals surface area contributed by atoms with Gasteiger partial charge in [-0.25, -0.2) is 0 Å². The van der Waals surface area contributed by atoms with Crippen molar-refractivity contribution in [1.82, 2.24) is 10.3 Å². The Hall–Kier alpha value is -1.61. The summed E-state index contributed by atoms with van der Waals surface area (Å²) >= 11 is 5.94. The zero-order valence-corrected chi connectivity index (χ0v) is 11.7. The third-order valence-corrected chi connectivity index (χ3v) is 3.14. The van der Waals surface area contributed by atoms with Gasteiger partial charge in [-0.15, -0.1) is 0 Å². The predicted octanol–water partition coefficient (Wildman–Crippen LogP) is 3.35. The monoisotopic (exact) mass is 276 g/mol. The molecule has 1 amide bonds. The molecule has 1 aromatic heterocycles. The molecular weight excluding hydrogens is 260 g/mol. The zero-order chi connectivity index (χ0) is 13.7. The van der Waals surface area contributed by atoms with Gasteiger partial charge in [-0.2, -0.15) is 0 Å². The lowest BCUT2D eigenvalue weighted by atomic mass is 10.2. The molecule has 0 bridgehead atoms. The van der Waals surface area contributed by atoms with Gasteiger partial charge < -0.3 is 5.32 Å². The first-order valence-corrected chi connectivity index (χ1v) is 6.88. The van der Waals surface area contributed by atoms with Crippen LogP contribution in [0.3, 0.4) is 0 Å². The molecule has 1 N–H and O–H groups in total. The maximum Gasteiger partial charge on any atom is 0.226 e. The summed E-state index contributed by atoms with van der Waals surface area (Å²) in [6.45, 7) is 2.83. The number of pyridine rings is 1. The van der Waals surface area contributed by atoms with E-state index in [0.717, 1.165) is 36.0 Å². The third-order valence-electron chi connectivity index (χ3n) is 2.91. The van der Waals surface area contributed by atoms with Crippen LogP contribution in [-0.2, 0) is 11.2 Å². The number of nitrogens with zero attached hydrogens (tertiary/aromatic N) is 1. The molecule has 1 aromatic carbocycles. The normalized spacial score (nSPS) is 10.6. The number of carbonyl (C=O) groups is 1. The van der Waals surface area contributed by atoms with Gasteiger partial charge in [0.05, 0.1) is 17.6 Å². The van der Waals surface area contributed by atoms with E-state index in [-0.39, 0.29) is 5.91 Å². The minimum Gasteiger partial charge on any atom is -0.356 e. The van der Waals surface area contributed by atoms with Crippen molar-refractivity contribution < 1.29 is 4.79 Å². The summed E-state index contributed by atoms with van der Waals surface area (Å²) in [6.07, 6.45) is 2.39. The smallest absolute Gasteiger partial charge is 0.226 e. The average Bonchev–Trinajstić information content (AvgIpc) is 2.38. The molecule has 2 aromatic rings. The molecule has 0 atom stereocenters. The topological polar surface area (TPSA) is 42.0 Å². The quantitative estimate of drug-likeness (QED) is 0.851. The van der Waals surface area contributed by atoms with Gasteiger partial charge in [0, 0.05) is 17.0 Å². The van der Waals surface area contributed by atoms with Crippen molar-refractivity contribution in [2.24, 2.45) is 0 Å². The molecule has 4 heteroatoms. The number of benzene rings is 1. The van der Waals surface area contributed by atoms with Crippen LogP contribution in [0, 0.1) is 0 Å². The highest BCUT2D eigenvalue weighted by Crippen LogP contribution is 2.18. The Morgan fingerprint density at radius 1 is 1.32 bits per heavy atom. The minimum atomic E-state index is 0.0160. The molecule has 0 unspecified atom stereocenters. The number of amides is 1. The van der Waals surface area contributed by atoms with E-state index in [2.05, 4.69) is 17.2 Å². The van der Waals surface area contributed by atoms with Crippen LogP contribution in [-0.4, -0.2) is 17.4 Å². The van der Waals surface area contributed by atoms with E-state index in [4.69, 9.17) is 11.6 Å². The molecule has 0 aliphatic carbocycles. The van der Waals surface area contributed by atoms with Crippen LogP contribution in [0.15, 0.2) is 30.3 Å². The van der Waals surface area contributed by atoms with Crippen molar-refractivity contribution in [3.63, 3.8) is 0 Å². The number of halogens is 1. The molecule has 0 saturated heterocycles. The van der Waals surface area contributed by atoms with E-state index >= 15 is 0 Å². The van der Waals surface area contributed by atoms with Crippen molar-refractivity contribution >= 4 is 28.4 Å². The highest BCUT2D eigenvalue weighted by atomic mass is 35.5. The van der Waals surface area contributed by atoms with E-state index in [0.29, 0.717) is 11.4 Å². The van der Waals surface area contributed by atoms with Gasteiger partial charge in [-0.05, 0) is 24.6 Å². The molecule has 0 aliphatic heterocycles. The maximum absolute atomic E-state index is 11.7. The van der Waals surface area contributed by atoms with Gasteiger partial charge in [0.2, 0.25) is 5.91 Å². The van der Waals surface area contributed by atoms with Crippen molar-refractivity contribution in [2.45, 2.75) is 26.2 Å². The third kappa shape index (κ3) is 3.93. The molecule has 19 heavy (non-hydrogen) atoms. The van der Waals surface area contributed by atoms with Crippen molar-refractivity contribution in [3.8, 4) is 0 Å². The van der Waals surface area contributed by atoms with Crippen LogP contribution in [0.2, 0.25) is 5.02 Å². The van der Waals surface area contributed by atoms with Gasteiger partial charge in [0.15, 0.2) is 0 Å². The fraction of sp³-hybridized carbons (Fsp3) is 0.333. The van der Waals surface area contributed by atoms with Gasteiger partial charge in [0.25, 0.3) is 0 Å². The standard InChI is InChI=1S/C15H17ClN2O/c1-2-3-8-17-15(19)10-13-7-5-11-4-6-12(16)9-14(11)18-13/h4-7,9H,2-3,8,10H2,1H3,(H,17,19). The summed E-state index contributed by atoms with van der Waals surface area (Å²) in [4.78, 5) is 16.2. The summed E-state index contributed by atoms with van der Waals surface area (Å²) in [6, 6.07) is 9.43. The van der Waals surface area contributed by atoms with Gasteiger partial charge in [-0.1, -0.05) is 37.1 Å². The molecule has 1 heterocycles. The van der Waals surface area contributed by atoms with Gasteiger partial charge in [-0.3, -0.25) is 9.78 Å². The first-order chi connectivity index (χ1) is 9.19. The van der Waals surface area contributed by atoms with Crippen LogP contribution in [0.5, 0.6) is 0 Å². The number of hydrogen-bond acceptors (Lipinski definition) is 2. The van der Waals surface area contributed by atoms with Crippen molar-refractivity contribution in [1.29, 1.82) is 0 Å². The molecule has 3 nitrogen and oxygen atoms in total. The van der Waals surface area contributed by atoms with E-state index in [1.807, 2.05) is 30.3 Å². The fourth-order valence-corrected chi connectivity index (χ4v) is 2.03. The van der Waals surface area contributed by atoms with Gasteiger partial charge in [0.1, 0.15) is 0 Å². The number of rotatable bonds is 5. The highest BCUT2D eigenvalue weighted by molar-refractivity contribution is 6.31. The number of nitrogens with one attached hydrogen (secondary N) is 1. The van der Waals surface area contributed by atoms with Crippen LogP contribution in [0.1, 0.15) is 25.5 Å². The molecule has 100 valence electrons. The van der Waals surface area contributed by atoms with Crippen LogP contribution in [0.25, 0.3) is 10.9 Å². The highest BCUT2D eigenvalue weighted by Gasteiger charge is 2.05. The Balaban J connectivity index is 2.06. The Kier molecular flexibility index (Phi) is 4.74. The maximum atomic E-state index is 11.7. The van der Waals surface area contributed by atoms with Gasteiger partial charge >= 0.3 is 0 Å². The van der Waals surface area contributed by atoms with Crippen molar-refractivity contribution in [2.75, 3.05) is 6.54 Å². The molecular formula is C15H17ClN2O. The Labute approximate surface area is 118 Å². The number of fused-ring (bicyclic) bond motifs is 1. The van der Waals surface area contributed by atoms with Crippen LogP contribution in [0.4, 0.5) is 0 Å². The summed E-state index contributed by atoms with van der Waals surface area (Å²) in [5.74, 6) is 0.0160. The van der Waals surface area contributed by atoms with Crippen LogP contribution < -0.4 is 5.32 Å². The number of aromatic nitrogens is 1. The molecule has 2 rings (SSSR count). The Morgan fingerprint density at radius 3 is 2.89 bits per heavy atom. The molecule has 0 spiro atoms. The minimum absolute atomic E-state index is 0.0160. The first kappa shape index (κ1) is 13.8. The largest absolute Gasteiger partial charge is 0.356 e. The van der Waals surface area contributed by atoms with E-state index in [9.17, 15) is 4.79 Å². The summed E-state index contributed by atoms with van der Waals surface area (Å²) in [7, 11) is 0. The summed E-state index contributed by atoms with van der Waals surface area (Å²) in [5, 5.41) is 4.57. The summed E-state index contributed by atoms with van der Waals surface area (Å²) < 4.78 is 0. The van der Waals surface area contributed by atoms with E-state index in [1.165, 1.54) is 0 Å². The van der Waals surface area contributed by atoms with E-state index in [1.54, 1.807) is 0 Å².